The molecule has 0 bridgehead atoms. The van der Waals surface area contributed by atoms with Gasteiger partial charge in [-0.2, -0.15) is 0 Å². The molecular weight excluding hydrogens is 558 g/mol. The topological polar surface area (TPSA) is 115 Å². The molecule has 1 saturated carbocycles. The molecule has 1 aromatic heterocycles. The molecular formula is C34H49N5O3S. The number of likely N-dealkylation sites (tertiary alicyclic amines) is 1. The zero-order chi connectivity index (χ0) is 31.1. The maximum atomic E-state index is 13.8. The van der Waals surface area contributed by atoms with E-state index in [-0.39, 0.29) is 53.4 Å². The number of nitrogens with zero attached hydrogens (tertiary/aromatic N) is 2. The Kier molecular flexibility index (Phi) is 11.3. The van der Waals surface area contributed by atoms with Gasteiger partial charge in [0.05, 0.1) is 27.0 Å². The van der Waals surface area contributed by atoms with Crippen LogP contribution in [0.3, 0.4) is 0 Å². The fraction of sp³-hybridized carbons (Fsp3) is 0.618. The third-order valence-electron chi connectivity index (χ3n) is 9.47. The van der Waals surface area contributed by atoms with Gasteiger partial charge in [-0.1, -0.05) is 59.6 Å². The Hall–Kier alpha value is -2.91. The molecule has 234 valence electrons. The van der Waals surface area contributed by atoms with E-state index >= 15 is 0 Å². The van der Waals surface area contributed by atoms with E-state index in [0.717, 1.165) is 41.3 Å². The molecule has 2 aromatic rings. The Labute approximate surface area is 260 Å². The number of carbonyl (C=O) groups excluding carboxylic acids is 3. The molecule has 43 heavy (non-hydrogen) atoms. The number of hydrogen-bond acceptors (Lipinski definition) is 7. The lowest BCUT2D eigenvalue weighted by Gasteiger charge is -2.26. The van der Waals surface area contributed by atoms with Crippen LogP contribution in [0.15, 0.2) is 30.4 Å². The maximum absolute atomic E-state index is 13.8. The Morgan fingerprint density at radius 2 is 1.91 bits per heavy atom. The van der Waals surface area contributed by atoms with Gasteiger partial charge in [-0.25, -0.2) is 4.98 Å². The van der Waals surface area contributed by atoms with Gasteiger partial charge in [0.2, 0.25) is 11.8 Å². The van der Waals surface area contributed by atoms with Gasteiger partial charge in [0.25, 0.3) is 0 Å². The summed E-state index contributed by atoms with van der Waals surface area (Å²) in [6, 6.07) is 5.40. The highest BCUT2D eigenvalue weighted by molar-refractivity contribution is 7.18. The second-order valence-electron chi connectivity index (χ2n) is 12.7. The third-order valence-corrected chi connectivity index (χ3v) is 10.5. The van der Waals surface area contributed by atoms with Gasteiger partial charge in [-0.05, 0) is 67.3 Å². The molecule has 8 nitrogen and oxygen atoms in total. The fourth-order valence-corrected chi connectivity index (χ4v) is 7.33. The lowest BCUT2D eigenvalue weighted by molar-refractivity contribution is -0.125. The second-order valence-corrected chi connectivity index (χ2v) is 13.8. The summed E-state index contributed by atoms with van der Waals surface area (Å²) in [6.45, 7) is 13.7. The van der Waals surface area contributed by atoms with Crippen molar-refractivity contribution in [2.24, 2.45) is 17.3 Å². The van der Waals surface area contributed by atoms with Crippen molar-refractivity contribution in [3.05, 3.63) is 40.9 Å². The fourth-order valence-electron chi connectivity index (χ4n) is 6.27. The molecule has 2 aliphatic rings. The lowest BCUT2D eigenvalue weighted by atomic mass is 9.84. The number of fused-ring (bicyclic) bond motifs is 1. The molecule has 1 aromatic carbocycles. The Morgan fingerprint density at radius 1 is 1.16 bits per heavy atom. The summed E-state index contributed by atoms with van der Waals surface area (Å²) < 4.78 is 1.06. The first kappa shape index (κ1) is 33.0. The average molecular weight is 608 g/mol. The molecule has 0 radical (unpaired) electrons. The minimum atomic E-state index is -0.840. The number of Topliss-reactive ketones (excluding diaryl/α,β-unsaturated/α-hetero) is 1. The number of amides is 2. The summed E-state index contributed by atoms with van der Waals surface area (Å²) in [5, 5.41) is 15.7. The number of benzene rings is 1. The van der Waals surface area contributed by atoms with Crippen molar-refractivity contribution in [3.8, 4) is 0 Å². The Morgan fingerprint density at radius 3 is 2.58 bits per heavy atom. The van der Waals surface area contributed by atoms with Crippen LogP contribution in [0.25, 0.3) is 10.2 Å². The van der Waals surface area contributed by atoms with Crippen LogP contribution < -0.4 is 10.6 Å². The van der Waals surface area contributed by atoms with E-state index in [1.807, 2.05) is 12.1 Å². The van der Waals surface area contributed by atoms with Gasteiger partial charge in [-0.15, -0.1) is 11.3 Å². The number of nitrogens with one attached hydrogen (secondary N) is 3. The molecule has 0 spiro atoms. The van der Waals surface area contributed by atoms with Gasteiger partial charge in [0.1, 0.15) is 0 Å². The smallest absolute Gasteiger partial charge is 0.243 e. The maximum Gasteiger partial charge on any atom is 0.243 e. The average Bonchev–Trinajstić information content (AvgIpc) is 3.61. The minimum Gasteiger partial charge on any atom is -0.352 e. The van der Waals surface area contributed by atoms with Gasteiger partial charge < -0.3 is 16.0 Å². The van der Waals surface area contributed by atoms with E-state index in [1.54, 1.807) is 13.0 Å². The number of aromatic nitrogens is 1. The Bertz CT molecular complexity index is 1340. The van der Waals surface area contributed by atoms with Crippen molar-refractivity contribution in [2.45, 2.75) is 91.5 Å². The van der Waals surface area contributed by atoms with E-state index in [0.29, 0.717) is 18.9 Å². The van der Waals surface area contributed by atoms with Crippen molar-refractivity contribution >= 4 is 44.9 Å². The molecule has 1 unspecified atom stereocenters. The molecule has 2 heterocycles. The number of ketones is 1. The summed E-state index contributed by atoms with van der Waals surface area (Å²) in [5.74, 6) is -0.330. The van der Waals surface area contributed by atoms with Crippen LogP contribution in [0.5, 0.6) is 0 Å². The largest absolute Gasteiger partial charge is 0.352 e. The number of hydrogen-bond donors (Lipinski definition) is 3. The van der Waals surface area contributed by atoms with E-state index < -0.39 is 6.04 Å². The van der Waals surface area contributed by atoms with Gasteiger partial charge in [0.15, 0.2) is 5.78 Å². The van der Waals surface area contributed by atoms with E-state index in [2.05, 4.69) is 55.4 Å². The molecule has 4 atom stereocenters. The van der Waals surface area contributed by atoms with Gasteiger partial charge in [-0.3, -0.25) is 19.3 Å². The Balaban J connectivity index is 1.43. The molecule has 9 heteroatoms. The molecule has 1 aliphatic heterocycles. The first-order valence-electron chi connectivity index (χ1n) is 16.1. The first-order chi connectivity index (χ1) is 20.6. The van der Waals surface area contributed by atoms with Crippen LogP contribution in [0.4, 0.5) is 0 Å². The van der Waals surface area contributed by atoms with Gasteiger partial charge >= 0.3 is 0 Å². The van der Waals surface area contributed by atoms with Crippen LogP contribution in [-0.2, 0) is 20.8 Å². The van der Waals surface area contributed by atoms with Crippen molar-refractivity contribution in [1.82, 2.24) is 20.5 Å². The molecule has 4 rings (SSSR count). The highest BCUT2D eigenvalue weighted by atomic mass is 32.1. The summed E-state index contributed by atoms with van der Waals surface area (Å²) in [6.07, 6.45) is 9.33. The normalized spacial score (nSPS) is 22.0. The van der Waals surface area contributed by atoms with Crippen LogP contribution in [-0.4, -0.2) is 65.4 Å². The van der Waals surface area contributed by atoms with Crippen LogP contribution >= 0.6 is 11.3 Å². The first-order valence-corrected chi connectivity index (χ1v) is 16.9. The number of carbonyl (C=O) groups is 3. The highest BCUT2D eigenvalue weighted by Gasteiger charge is 2.60. The van der Waals surface area contributed by atoms with E-state index in [9.17, 15) is 14.4 Å². The lowest BCUT2D eigenvalue weighted by Crippen LogP contribution is -2.46. The molecule has 2 amide bonds. The zero-order valence-electron chi connectivity index (χ0n) is 26.5. The molecule has 1 aliphatic carbocycles. The summed E-state index contributed by atoms with van der Waals surface area (Å²) in [7, 11) is 0. The summed E-state index contributed by atoms with van der Waals surface area (Å²) in [4.78, 5) is 46.1. The van der Waals surface area contributed by atoms with Crippen LogP contribution in [0, 0.1) is 22.7 Å². The van der Waals surface area contributed by atoms with Gasteiger partial charge in [0, 0.05) is 37.9 Å². The summed E-state index contributed by atoms with van der Waals surface area (Å²) in [5.41, 5.74) is 1.82. The van der Waals surface area contributed by atoms with E-state index in [4.69, 9.17) is 10.4 Å². The van der Waals surface area contributed by atoms with Crippen LogP contribution in [0.1, 0.15) is 89.6 Å². The summed E-state index contributed by atoms with van der Waals surface area (Å²) >= 11 is 1.54. The second kappa shape index (κ2) is 14.7. The monoisotopic (exact) mass is 607 g/mol. The van der Waals surface area contributed by atoms with Crippen molar-refractivity contribution in [2.75, 3.05) is 26.2 Å². The van der Waals surface area contributed by atoms with Crippen LogP contribution in [0.2, 0.25) is 0 Å². The number of piperidine rings is 1. The minimum absolute atomic E-state index is 0.0415. The predicted molar refractivity (Wildman–Crippen MR) is 175 cm³/mol. The zero-order valence-corrected chi connectivity index (χ0v) is 27.3. The molecule has 1 saturated heterocycles. The predicted octanol–water partition coefficient (Wildman–Crippen LogP) is 5.66. The quantitative estimate of drug-likeness (QED) is 0.179. The van der Waals surface area contributed by atoms with Crippen molar-refractivity contribution in [3.63, 3.8) is 0 Å². The van der Waals surface area contributed by atoms with Crippen molar-refractivity contribution < 1.29 is 14.4 Å². The third kappa shape index (κ3) is 8.18. The molecule has 3 N–H and O–H groups in total. The molecule has 2 fully saturated rings. The number of rotatable bonds is 15. The van der Waals surface area contributed by atoms with E-state index in [1.165, 1.54) is 36.2 Å². The highest BCUT2D eigenvalue weighted by Crippen LogP contribution is 2.59. The van der Waals surface area contributed by atoms with Crippen molar-refractivity contribution in [1.29, 1.82) is 5.41 Å². The SMILES string of the molecule is CCC(=O)N[C@@H](Cc1nc2ccc(C(C)C)cc2s1)C(=O)C(=N)C1C[C@]1(CNC(=O)/C=C/CN1CCCCC1)[C@@H](C)CC. The standard InChI is InChI=1S/C34H49N5O3S/c1-6-23(5)34(21-36-30(41)12-11-17-39-15-9-8-10-16-39)20-25(34)32(35)33(42)27(37-29(40)7-2)19-31-38-26-14-13-24(22(3)4)18-28(26)43-31/h11-14,18,22-23,25,27,35H,6-10,15-17,19-21H2,1-5H3,(H,36,41)(H,37,40)/b12-11+,35-32?/t23-,25?,27-,34-/m0/s1. The number of thiazole rings is 1.